The van der Waals surface area contributed by atoms with E-state index in [0.717, 1.165) is 4.47 Å². The van der Waals surface area contributed by atoms with Gasteiger partial charge in [-0.15, -0.1) is 0 Å². The predicted molar refractivity (Wildman–Crippen MR) is 56.3 cm³/mol. The van der Waals surface area contributed by atoms with Crippen molar-refractivity contribution in [2.75, 3.05) is 13.7 Å². The molecule has 0 spiro atoms. The van der Waals surface area contributed by atoms with Crippen molar-refractivity contribution in [3.63, 3.8) is 0 Å². The van der Waals surface area contributed by atoms with Crippen LogP contribution in [-0.4, -0.2) is 30.5 Å². The minimum atomic E-state index is -0.500. The quantitative estimate of drug-likeness (QED) is 0.825. The fourth-order valence-electron chi connectivity index (χ4n) is 0.825. The van der Waals surface area contributed by atoms with Crippen molar-refractivity contribution in [3.05, 3.63) is 28.5 Å². The number of carbonyl (C=O) groups excluding carboxylic acids is 2. The smallest absolute Gasteiger partial charge is 0.325 e. The second kappa shape index (κ2) is 5.45. The van der Waals surface area contributed by atoms with E-state index in [1.54, 1.807) is 12.1 Å². The highest BCUT2D eigenvalue weighted by Gasteiger charge is 2.08. The fourth-order valence-corrected chi connectivity index (χ4v) is 1.06. The Morgan fingerprint density at radius 2 is 2.27 bits per heavy atom. The Labute approximate surface area is 95.0 Å². The van der Waals surface area contributed by atoms with Crippen molar-refractivity contribution in [1.82, 2.24) is 10.3 Å². The first kappa shape index (κ1) is 11.6. The average Bonchev–Trinajstić information content (AvgIpc) is 2.26. The molecule has 5 nitrogen and oxygen atoms in total. The number of carbonyl (C=O) groups is 2. The molecule has 0 saturated carbocycles. The van der Waals surface area contributed by atoms with Crippen molar-refractivity contribution in [2.24, 2.45) is 0 Å². The second-order valence-corrected chi connectivity index (χ2v) is 3.54. The van der Waals surface area contributed by atoms with Gasteiger partial charge >= 0.3 is 5.97 Å². The van der Waals surface area contributed by atoms with Gasteiger partial charge in [-0.25, -0.2) is 4.98 Å². The Morgan fingerprint density at radius 3 is 2.80 bits per heavy atom. The summed E-state index contributed by atoms with van der Waals surface area (Å²) in [6.45, 7) is -0.160. The lowest BCUT2D eigenvalue weighted by atomic mass is 10.3. The number of amides is 1. The molecule has 1 aromatic rings. The van der Waals surface area contributed by atoms with Gasteiger partial charge in [-0.3, -0.25) is 9.59 Å². The van der Waals surface area contributed by atoms with Crippen molar-refractivity contribution in [3.8, 4) is 0 Å². The monoisotopic (exact) mass is 272 g/mol. The van der Waals surface area contributed by atoms with Crippen LogP contribution in [0.5, 0.6) is 0 Å². The van der Waals surface area contributed by atoms with Gasteiger partial charge in [0, 0.05) is 10.7 Å². The third kappa shape index (κ3) is 3.67. The van der Waals surface area contributed by atoms with Crippen LogP contribution in [0.25, 0.3) is 0 Å². The number of methoxy groups -OCH3 is 1. The van der Waals surface area contributed by atoms with Gasteiger partial charge < -0.3 is 10.1 Å². The van der Waals surface area contributed by atoms with E-state index in [1.807, 2.05) is 0 Å². The lowest BCUT2D eigenvalue weighted by molar-refractivity contribution is -0.139. The summed E-state index contributed by atoms with van der Waals surface area (Å²) in [7, 11) is 1.26. The van der Waals surface area contributed by atoms with Gasteiger partial charge in [0.15, 0.2) is 0 Å². The maximum atomic E-state index is 11.4. The van der Waals surface area contributed by atoms with Crippen LogP contribution in [0, 0.1) is 0 Å². The van der Waals surface area contributed by atoms with Gasteiger partial charge in [-0.1, -0.05) is 0 Å². The first-order chi connectivity index (χ1) is 7.13. The lowest BCUT2D eigenvalue weighted by Crippen LogP contribution is -2.30. The molecule has 1 heterocycles. The van der Waals surface area contributed by atoms with Crippen LogP contribution in [0.3, 0.4) is 0 Å². The number of ether oxygens (including phenoxy) is 1. The molecule has 0 aliphatic rings. The Morgan fingerprint density at radius 1 is 1.53 bits per heavy atom. The highest BCUT2D eigenvalue weighted by atomic mass is 79.9. The maximum absolute atomic E-state index is 11.4. The van der Waals surface area contributed by atoms with Crippen LogP contribution in [0.4, 0.5) is 0 Å². The number of pyridine rings is 1. The summed E-state index contributed by atoms with van der Waals surface area (Å²) in [6, 6.07) is 3.25. The molecule has 0 aliphatic carbocycles. The van der Waals surface area contributed by atoms with Crippen molar-refractivity contribution in [1.29, 1.82) is 0 Å². The molecule has 0 radical (unpaired) electrons. The molecular weight excluding hydrogens is 264 g/mol. The van der Waals surface area contributed by atoms with Crippen molar-refractivity contribution >= 4 is 27.8 Å². The van der Waals surface area contributed by atoms with Crippen LogP contribution >= 0.6 is 15.9 Å². The van der Waals surface area contributed by atoms with E-state index in [0.29, 0.717) is 0 Å². The molecule has 0 aromatic carbocycles. The molecule has 0 aliphatic heterocycles. The zero-order valence-corrected chi connectivity index (χ0v) is 9.58. The van der Waals surface area contributed by atoms with E-state index in [-0.39, 0.29) is 12.2 Å². The van der Waals surface area contributed by atoms with E-state index >= 15 is 0 Å². The molecule has 1 amide bonds. The highest BCUT2D eigenvalue weighted by Crippen LogP contribution is 2.06. The Hall–Kier alpha value is -1.43. The average molecular weight is 273 g/mol. The van der Waals surface area contributed by atoms with E-state index in [4.69, 9.17) is 0 Å². The molecule has 0 unspecified atom stereocenters. The standard InChI is InChI=1S/C9H9BrN2O3/c1-15-8(13)5-12-9(14)7-3-2-6(10)4-11-7/h2-4H,5H2,1H3,(H,12,14). The molecule has 80 valence electrons. The van der Waals surface area contributed by atoms with E-state index in [2.05, 4.69) is 31.0 Å². The number of nitrogens with one attached hydrogen (secondary N) is 1. The fraction of sp³-hybridized carbons (Fsp3) is 0.222. The Balaban J connectivity index is 2.54. The summed E-state index contributed by atoms with van der Waals surface area (Å²) in [4.78, 5) is 26.0. The molecule has 1 N–H and O–H groups in total. The van der Waals surface area contributed by atoms with Crippen LogP contribution in [0.2, 0.25) is 0 Å². The molecule has 0 atom stereocenters. The summed E-state index contributed by atoms with van der Waals surface area (Å²) in [5.41, 5.74) is 0.252. The Bertz CT molecular complexity index is 364. The van der Waals surface area contributed by atoms with E-state index in [9.17, 15) is 9.59 Å². The summed E-state index contributed by atoms with van der Waals surface area (Å²) >= 11 is 3.20. The first-order valence-corrected chi connectivity index (χ1v) is 4.89. The number of aromatic nitrogens is 1. The third-order valence-electron chi connectivity index (χ3n) is 1.58. The number of halogens is 1. The van der Waals surface area contributed by atoms with E-state index in [1.165, 1.54) is 13.3 Å². The van der Waals surface area contributed by atoms with Gasteiger partial charge in [0.05, 0.1) is 7.11 Å². The zero-order valence-electron chi connectivity index (χ0n) is 7.99. The SMILES string of the molecule is COC(=O)CNC(=O)c1ccc(Br)cn1. The molecule has 15 heavy (non-hydrogen) atoms. The minimum absolute atomic E-state index is 0.160. The van der Waals surface area contributed by atoms with Crippen LogP contribution in [0.15, 0.2) is 22.8 Å². The Kier molecular flexibility index (Phi) is 4.23. The van der Waals surface area contributed by atoms with Crippen molar-refractivity contribution < 1.29 is 14.3 Å². The summed E-state index contributed by atoms with van der Waals surface area (Å²) in [5, 5.41) is 2.38. The summed E-state index contributed by atoms with van der Waals surface area (Å²) in [5.74, 6) is -0.909. The minimum Gasteiger partial charge on any atom is -0.468 e. The first-order valence-electron chi connectivity index (χ1n) is 4.10. The molecule has 6 heteroatoms. The number of esters is 1. The lowest BCUT2D eigenvalue weighted by Gasteiger charge is -2.02. The normalized spacial score (nSPS) is 9.47. The maximum Gasteiger partial charge on any atom is 0.325 e. The zero-order chi connectivity index (χ0) is 11.3. The number of rotatable bonds is 3. The van der Waals surface area contributed by atoms with Crippen LogP contribution in [0.1, 0.15) is 10.5 Å². The van der Waals surface area contributed by atoms with Gasteiger partial charge in [0.2, 0.25) is 0 Å². The second-order valence-electron chi connectivity index (χ2n) is 2.62. The third-order valence-corrected chi connectivity index (χ3v) is 2.05. The van der Waals surface area contributed by atoms with E-state index < -0.39 is 11.9 Å². The molecule has 0 fully saturated rings. The molecule has 0 saturated heterocycles. The molecule has 1 rings (SSSR count). The summed E-state index contributed by atoms with van der Waals surface area (Å²) < 4.78 is 5.16. The number of hydrogen-bond acceptors (Lipinski definition) is 4. The summed E-state index contributed by atoms with van der Waals surface area (Å²) in [6.07, 6.45) is 1.51. The van der Waals surface area contributed by atoms with Crippen LogP contribution < -0.4 is 5.32 Å². The predicted octanol–water partition coefficient (Wildman–Crippen LogP) is 0.747. The van der Waals surface area contributed by atoms with Crippen molar-refractivity contribution in [2.45, 2.75) is 0 Å². The number of hydrogen-bond donors (Lipinski definition) is 1. The molecule has 1 aromatic heterocycles. The van der Waals surface area contributed by atoms with Crippen LogP contribution in [-0.2, 0) is 9.53 Å². The topological polar surface area (TPSA) is 68.3 Å². The highest BCUT2D eigenvalue weighted by molar-refractivity contribution is 9.10. The van der Waals surface area contributed by atoms with Gasteiger partial charge in [0.1, 0.15) is 12.2 Å². The molecular formula is C9H9BrN2O3. The van der Waals surface area contributed by atoms with Gasteiger partial charge in [0.25, 0.3) is 5.91 Å². The largest absolute Gasteiger partial charge is 0.468 e. The number of nitrogens with zero attached hydrogens (tertiary/aromatic N) is 1. The van der Waals surface area contributed by atoms with Gasteiger partial charge in [-0.05, 0) is 28.1 Å². The molecule has 0 bridgehead atoms. The van der Waals surface area contributed by atoms with Gasteiger partial charge in [-0.2, -0.15) is 0 Å².